The Bertz CT molecular complexity index is 477. The lowest BCUT2D eigenvalue weighted by Crippen LogP contribution is -2.48. The van der Waals surface area contributed by atoms with Gasteiger partial charge in [0.1, 0.15) is 11.6 Å². The third-order valence-electron chi connectivity index (χ3n) is 3.37. The van der Waals surface area contributed by atoms with Crippen LogP contribution in [-0.2, 0) is 23.9 Å². The van der Waals surface area contributed by atoms with Crippen LogP contribution in [0.2, 0.25) is 0 Å². The minimum atomic E-state index is -0.828. The zero-order chi connectivity index (χ0) is 15.6. The van der Waals surface area contributed by atoms with E-state index in [1.165, 1.54) is 17.2 Å². The van der Waals surface area contributed by atoms with E-state index in [2.05, 4.69) is 0 Å². The van der Waals surface area contributed by atoms with E-state index < -0.39 is 23.7 Å². The highest BCUT2D eigenvalue weighted by Crippen LogP contribution is 2.23. The normalized spacial score (nSPS) is 25.7. The van der Waals surface area contributed by atoms with Gasteiger partial charge in [-0.15, -0.1) is 0 Å². The van der Waals surface area contributed by atoms with Crippen LogP contribution in [0.5, 0.6) is 0 Å². The molecular weight excluding hydrogens is 274 g/mol. The fourth-order valence-electron chi connectivity index (χ4n) is 2.48. The van der Waals surface area contributed by atoms with Crippen molar-refractivity contribution in [1.82, 2.24) is 4.90 Å². The highest BCUT2D eigenvalue weighted by Gasteiger charge is 2.40. The summed E-state index contributed by atoms with van der Waals surface area (Å²) in [5, 5.41) is 0. The Kier molecular flexibility index (Phi) is 4.34. The second kappa shape index (κ2) is 5.87. The van der Waals surface area contributed by atoms with Gasteiger partial charge >= 0.3 is 5.97 Å². The smallest absolute Gasteiger partial charge is 0.329 e. The molecule has 0 saturated carbocycles. The zero-order valence-corrected chi connectivity index (χ0v) is 12.6. The molecule has 2 rings (SSSR count). The molecule has 2 aliphatic rings. The molecule has 0 spiro atoms. The summed E-state index contributed by atoms with van der Waals surface area (Å²) in [6.45, 7) is 5.86. The molecule has 0 aromatic heterocycles. The van der Waals surface area contributed by atoms with Crippen LogP contribution in [0.15, 0.2) is 12.3 Å². The molecule has 0 N–H and O–H groups in total. The molecule has 1 amide bonds. The Morgan fingerprint density at radius 3 is 2.71 bits per heavy atom. The zero-order valence-electron chi connectivity index (χ0n) is 12.6. The lowest BCUT2D eigenvalue weighted by molar-refractivity contribution is -0.165. The maximum atomic E-state index is 12.4. The Morgan fingerprint density at radius 1 is 1.38 bits per heavy atom. The number of rotatable bonds is 2. The Labute approximate surface area is 124 Å². The molecule has 1 saturated heterocycles. The quantitative estimate of drug-likeness (QED) is 0.716. The molecule has 0 radical (unpaired) electrons. The van der Waals surface area contributed by atoms with Crippen molar-refractivity contribution >= 4 is 17.7 Å². The number of amides is 1. The SMILES string of the molecule is CC(C)(C)OC(=O)[C@@H]1CCCN1C(=O)[C@@H]1CC(=O)C=CO1. The van der Waals surface area contributed by atoms with Crippen LogP contribution < -0.4 is 0 Å². The van der Waals surface area contributed by atoms with Gasteiger partial charge in [-0.1, -0.05) is 0 Å². The van der Waals surface area contributed by atoms with E-state index in [0.717, 1.165) is 6.42 Å². The maximum absolute atomic E-state index is 12.4. The molecule has 0 unspecified atom stereocenters. The van der Waals surface area contributed by atoms with Crippen LogP contribution in [0.4, 0.5) is 0 Å². The van der Waals surface area contributed by atoms with Crippen molar-refractivity contribution in [1.29, 1.82) is 0 Å². The van der Waals surface area contributed by atoms with Crippen LogP contribution in [0.1, 0.15) is 40.0 Å². The van der Waals surface area contributed by atoms with Crippen molar-refractivity contribution in [3.63, 3.8) is 0 Å². The van der Waals surface area contributed by atoms with Crippen molar-refractivity contribution in [2.45, 2.75) is 57.8 Å². The summed E-state index contributed by atoms with van der Waals surface area (Å²) in [5.41, 5.74) is -0.589. The summed E-state index contributed by atoms with van der Waals surface area (Å²) >= 11 is 0. The molecular formula is C15H21NO5. The first-order valence-corrected chi connectivity index (χ1v) is 7.16. The molecule has 6 heteroatoms. The number of allylic oxidation sites excluding steroid dienone is 1. The third-order valence-corrected chi connectivity index (χ3v) is 3.37. The number of ether oxygens (including phenoxy) is 2. The average molecular weight is 295 g/mol. The number of hydrogen-bond donors (Lipinski definition) is 0. The third kappa shape index (κ3) is 3.83. The van der Waals surface area contributed by atoms with E-state index >= 15 is 0 Å². The molecule has 1 fully saturated rings. The van der Waals surface area contributed by atoms with E-state index in [-0.39, 0.29) is 18.1 Å². The van der Waals surface area contributed by atoms with Crippen molar-refractivity contribution < 1.29 is 23.9 Å². The first-order valence-electron chi connectivity index (χ1n) is 7.16. The van der Waals surface area contributed by atoms with E-state index in [1.54, 1.807) is 20.8 Å². The second-order valence-electron chi connectivity index (χ2n) is 6.32. The molecule has 0 aromatic rings. The summed E-state index contributed by atoms with van der Waals surface area (Å²) in [6.07, 6.45) is 3.06. The van der Waals surface area contributed by atoms with Gasteiger partial charge in [0.25, 0.3) is 5.91 Å². The molecule has 116 valence electrons. The van der Waals surface area contributed by atoms with Crippen molar-refractivity contribution in [3.8, 4) is 0 Å². The molecule has 2 aliphatic heterocycles. The van der Waals surface area contributed by atoms with Crippen LogP contribution in [0, 0.1) is 0 Å². The second-order valence-corrected chi connectivity index (χ2v) is 6.32. The summed E-state index contributed by atoms with van der Waals surface area (Å²) in [7, 11) is 0. The van der Waals surface area contributed by atoms with Crippen molar-refractivity contribution in [2.24, 2.45) is 0 Å². The van der Waals surface area contributed by atoms with Gasteiger partial charge in [-0.3, -0.25) is 9.59 Å². The lowest BCUT2D eigenvalue weighted by Gasteiger charge is -2.30. The van der Waals surface area contributed by atoms with Crippen LogP contribution in [0.25, 0.3) is 0 Å². The fourth-order valence-corrected chi connectivity index (χ4v) is 2.48. The maximum Gasteiger partial charge on any atom is 0.329 e. The topological polar surface area (TPSA) is 72.9 Å². The number of carbonyl (C=O) groups is 3. The average Bonchev–Trinajstić information content (AvgIpc) is 2.85. The predicted molar refractivity (Wildman–Crippen MR) is 74.2 cm³/mol. The molecule has 0 bridgehead atoms. The largest absolute Gasteiger partial charge is 0.488 e. The number of carbonyl (C=O) groups excluding carboxylic acids is 3. The van der Waals surface area contributed by atoms with Crippen LogP contribution >= 0.6 is 0 Å². The Balaban J connectivity index is 2.04. The van der Waals surface area contributed by atoms with Gasteiger partial charge in [0.2, 0.25) is 0 Å². The predicted octanol–water partition coefficient (Wildman–Crippen LogP) is 1.19. The monoisotopic (exact) mass is 295 g/mol. The highest BCUT2D eigenvalue weighted by molar-refractivity contribution is 5.96. The number of esters is 1. The molecule has 0 aliphatic carbocycles. The number of ketones is 1. The van der Waals surface area contributed by atoms with E-state index in [9.17, 15) is 14.4 Å². The molecule has 21 heavy (non-hydrogen) atoms. The van der Waals surface area contributed by atoms with Gasteiger partial charge in [-0.05, 0) is 33.6 Å². The van der Waals surface area contributed by atoms with Crippen LogP contribution in [-0.4, -0.2) is 46.9 Å². The highest BCUT2D eigenvalue weighted by atomic mass is 16.6. The summed E-state index contributed by atoms with van der Waals surface area (Å²) < 4.78 is 10.6. The van der Waals surface area contributed by atoms with E-state index in [1.807, 2.05) is 0 Å². The first kappa shape index (κ1) is 15.5. The molecule has 0 aromatic carbocycles. The standard InChI is InChI=1S/C15H21NO5/c1-15(2,3)21-14(19)11-5-4-7-16(11)13(18)12-9-10(17)6-8-20-12/h6,8,11-12H,4-5,7,9H2,1-3H3/t11-,12-/m0/s1. The minimum Gasteiger partial charge on any atom is -0.488 e. The molecule has 2 atom stereocenters. The number of nitrogens with zero attached hydrogens (tertiary/aromatic N) is 1. The lowest BCUT2D eigenvalue weighted by atomic mass is 10.1. The van der Waals surface area contributed by atoms with Gasteiger partial charge in [0, 0.05) is 12.6 Å². The van der Waals surface area contributed by atoms with Crippen molar-refractivity contribution in [2.75, 3.05) is 6.54 Å². The Hall–Kier alpha value is -1.85. The van der Waals surface area contributed by atoms with Gasteiger partial charge in [0.15, 0.2) is 11.9 Å². The molecule has 6 nitrogen and oxygen atoms in total. The first-order chi connectivity index (χ1) is 9.78. The van der Waals surface area contributed by atoms with Gasteiger partial charge in [-0.25, -0.2) is 4.79 Å². The van der Waals surface area contributed by atoms with Gasteiger partial charge in [0.05, 0.1) is 12.7 Å². The van der Waals surface area contributed by atoms with E-state index in [0.29, 0.717) is 13.0 Å². The number of likely N-dealkylation sites (tertiary alicyclic amines) is 1. The van der Waals surface area contributed by atoms with E-state index in [4.69, 9.17) is 9.47 Å². The van der Waals surface area contributed by atoms with Crippen LogP contribution in [0.3, 0.4) is 0 Å². The molecule has 2 heterocycles. The number of hydrogen-bond acceptors (Lipinski definition) is 5. The van der Waals surface area contributed by atoms with Gasteiger partial charge < -0.3 is 14.4 Å². The van der Waals surface area contributed by atoms with Crippen molar-refractivity contribution in [3.05, 3.63) is 12.3 Å². The summed E-state index contributed by atoms with van der Waals surface area (Å²) in [6, 6.07) is -0.582. The summed E-state index contributed by atoms with van der Waals surface area (Å²) in [5.74, 6) is -0.861. The fraction of sp³-hybridized carbons (Fsp3) is 0.667. The summed E-state index contributed by atoms with van der Waals surface area (Å²) in [4.78, 5) is 37.5. The minimum absolute atomic E-state index is 0.0207. The van der Waals surface area contributed by atoms with Gasteiger partial charge in [-0.2, -0.15) is 0 Å². The Morgan fingerprint density at radius 2 is 2.10 bits per heavy atom.